The predicted octanol–water partition coefficient (Wildman–Crippen LogP) is 2.84. The number of carbonyl (C=O) groups is 1. The lowest BCUT2D eigenvalue weighted by atomic mass is 10.1. The highest BCUT2D eigenvalue weighted by Gasteiger charge is 2.10. The molecule has 0 spiro atoms. The lowest BCUT2D eigenvalue weighted by Crippen LogP contribution is -2.19. The normalized spacial score (nSPS) is 10.3. The van der Waals surface area contributed by atoms with E-state index in [4.69, 9.17) is 10.5 Å². The van der Waals surface area contributed by atoms with E-state index in [0.29, 0.717) is 5.69 Å². The number of rotatable bonds is 2. The molecule has 0 aliphatic carbocycles. The van der Waals surface area contributed by atoms with Gasteiger partial charge >= 0.3 is 6.09 Å². The van der Waals surface area contributed by atoms with Gasteiger partial charge in [-0.1, -0.05) is 0 Å². The smallest absolute Gasteiger partial charge is 0.411 e. The zero-order chi connectivity index (χ0) is 12.3. The summed E-state index contributed by atoms with van der Waals surface area (Å²) in [6, 6.07) is 3.63. The topological polar surface area (TPSA) is 64.3 Å². The number of nitrogens with two attached hydrogens (primary N) is 1. The van der Waals surface area contributed by atoms with Crippen LogP contribution in [0.15, 0.2) is 12.1 Å². The molecule has 1 amide bonds. The van der Waals surface area contributed by atoms with Gasteiger partial charge in [0.15, 0.2) is 0 Å². The number of ether oxygens (including phenoxy) is 1. The van der Waals surface area contributed by atoms with Crippen LogP contribution in [0.1, 0.15) is 25.0 Å². The highest BCUT2D eigenvalue weighted by molar-refractivity contribution is 5.87. The minimum atomic E-state index is -0.439. The summed E-state index contributed by atoms with van der Waals surface area (Å²) in [7, 11) is 0. The molecule has 1 aromatic rings. The molecular formula is C12H18N2O2. The Morgan fingerprint density at radius 2 is 1.81 bits per heavy atom. The Balaban J connectivity index is 2.85. The van der Waals surface area contributed by atoms with Gasteiger partial charge in [0.1, 0.15) is 0 Å². The van der Waals surface area contributed by atoms with E-state index >= 15 is 0 Å². The largest absolute Gasteiger partial charge is 0.447 e. The van der Waals surface area contributed by atoms with Gasteiger partial charge in [-0.05, 0) is 51.0 Å². The number of carbonyl (C=O) groups excluding carboxylic acids is 1. The van der Waals surface area contributed by atoms with Crippen molar-refractivity contribution in [1.29, 1.82) is 0 Å². The summed E-state index contributed by atoms with van der Waals surface area (Å²) in [6.45, 7) is 7.41. The summed E-state index contributed by atoms with van der Waals surface area (Å²) in [6.07, 6.45) is -0.569. The second-order valence-corrected chi connectivity index (χ2v) is 4.11. The van der Waals surface area contributed by atoms with Gasteiger partial charge in [0.2, 0.25) is 0 Å². The number of aryl methyl sites for hydroxylation is 2. The number of amides is 1. The first kappa shape index (κ1) is 12.4. The van der Waals surface area contributed by atoms with E-state index in [1.54, 1.807) is 0 Å². The first-order chi connectivity index (χ1) is 7.40. The van der Waals surface area contributed by atoms with Crippen molar-refractivity contribution >= 4 is 17.5 Å². The first-order valence-electron chi connectivity index (χ1n) is 5.24. The van der Waals surface area contributed by atoms with Gasteiger partial charge in [0.25, 0.3) is 0 Å². The van der Waals surface area contributed by atoms with E-state index in [9.17, 15) is 4.79 Å². The molecule has 0 bridgehead atoms. The van der Waals surface area contributed by atoms with Crippen molar-refractivity contribution < 1.29 is 9.53 Å². The third kappa shape index (κ3) is 3.15. The zero-order valence-electron chi connectivity index (χ0n) is 10.1. The molecule has 0 aliphatic rings. The van der Waals surface area contributed by atoms with Gasteiger partial charge in [-0.15, -0.1) is 0 Å². The third-order valence-electron chi connectivity index (χ3n) is 2.12. The summed E-state index contributed by atoms with van der Waals surface area (Å²) in [4.78, 5) is 11.4. The van der Waals surface area contributed by atoms with E-state index in [2.05, 4.69) is 5.32 Å². The van der Waals surface area contributed by atoms with Crippen LogP contribution in [0.2, 0.25) is 0 Å². The van der Waals surface area contributed by atoms with Crippen LogP contribution in [0, 0.1) is 13.8 Å². The van der Waals surface area contributed by atoms with Gasteiger partial charge < -0.3 is 10.5 Å². The fourth-order valence-electron chi connectivity index (χ4n) is 1.54. The molecule has 0 atom stereocenters. The third-order valence-corrected chi connectivity index (χ3v) is 2.12. The van der Waals surface area contributed by atoms with Crippen molar-refractivity contribution in [3.05, 3.63) is 23.3 Å². The SMILES string of the molecule is Cc1cc(N)cc(C)c1NC(=O)OC(C)C. The average Bonchev–Trinajstić information content (AvgIpc) is 2.09. The quantitative estimate of drug-likeness (QED) is 0.756. The Kier molecular flexibility index (Phi) is 3.77. The highest BCUT2D eigenvalue weighted by Crippen LogP contribution is 2.23. The van der Waals surface area contributed by atoms with E-state index in [1.807, 2.05) is 39.8 Å². The molecule has 0 heterocycles. The molecule has 4 nitrogen and oxygen atoms in total. The van der Waals surface area contributed by atoms with Gasteiger partial charge in [-0.3, -0.25) is 5.32 Å². The molecule has 4 heteroatoms. The van der Waals surface area contributed by atoms with Crippen molar-refractivity contribution in [2.24, 2.45) is 0 Å². The second kappa shape index (κ2) is 4.88. The van der Waals surface area contributed by atoms with Crippen molar-refractivity contribution in [3.8, 4) is 0 Å². The number of benzene rings is 1. The fraction of sp³-hybridized carbons (Fsp3) is 0.417. The summed E-state index contributed by atoms with van der Waals surface area (Å²) in [5.74, 6) is 0. The van der Waals surface area contributed by atoms with Crippen molar-refractivity contribution in [2.75, 3.05) is 11.1 Å². The van der Waals surface area contributed by atoms with Crippen molar-refractivity contribution in [3.63, 3.8) is 0 Å². The van der Waals surface area contributed by atoms with E-state index < -0.39 is 6.09 Å². The predicted molar refractivity (Wildman–Crippen MR) is 65.6 cm³/mol. The molecule has 0 aromatic heterocycles. The number of anilines is 2. The lowest BCUT2D eigenvalue weighted by molar-refractivity contribution is 0.130. The lowest BCUT2D eigenvalue weighted by Gasteiger charge is -2.14. The Bertz CT molecular complexity index is 377. The van der Waals surface area contributed by atoms with Gasteiger partial charge in [0, 0.05) is 11.4 Å². The number of nitrogen functional groups attached to an aromatic ring is 1. The standard InChI is InChI=1S/C12H18N2O2/c1-7(2)16-12(15)14-11-8(3)5-10(13)6-9(11)4/h5-7H,13H2,1-4H3,(H,14,15). The van der Waals surface area contributed by atoms with Crippen LogP contribution >= 0.6 is 0 Å². The molecule has 0 saturated carbocycles. The van der Waals surface area contributed by atoms with Crippen LogP contribution in [-0.4, -0.2) is 12.2 Å². The zero-order valence-corrected chi connectivity index (χ0v) is 10.1. The molecule has 1 aromatic carbocycles. The molecule has 88 valence electrons. The monoisotopic (exact) mass is 222 g/mol. The molecule has 0 unspecified atom stereocenters. The maximum absolute atomic E-state index is 11.4. The summed E-state index contributed by atoms with van der Waals surface area (Å²) in [5.41, 5.74) is 9.01. The first-order valence-corrected chi connectivity index (χ1v) is 5.24. The summed E-state index contributed by atoms with van der Waals surface area (Å²) in [5, 5.41) is 2.72. The minimum absolute atomic E-state index is 0.130. The molecule has 1 rings (SSSR count). The van der Waals surface area contributed by atoms with Crippen LogP contribution in [-0.2, 0) is 4.74 Å². The molecular weight excluding hydrogens is 204 g/mol. The Labute approximate surface area is 95.8 Å². The van der Waals surface area contributed by atoms with Crippen LogP contribution in [0.4, 0.5) is 16.2 Å². The van der Waals surface area contributed by atoms with Crippen LogP contribution in [0.5, 0.6) is 0 Å². The molecule has 0 aliphatic heterocycles. The average molecular weight is 222 g/mol. The van der Waals surface area contributed by atoms with E-state index in [-0.39, 0.29) is 6.10 Å². The maximum atomic E-state index is 11.4. The number of hydrogen-bond acceptors (Lipinski definition) is 3. The molecule has 0 fully saturated rings. The van der Waals surface area contributed by atoms with Gasteiger partial charge in [0.05, 0.1) is 6.10 Å². The number of hydrogen-bond donors (Lipinski definition) is 2. The highest BCUT2D eigenvalue weighted by atomic mass is 16.6. The minimum Gasteiger partial charge on any atom is -0.447 e. The van der Waals surface area contributed by atoms with Crippen LogP contribution < -0.4 is 11.1 Å². The van der Waals surface area contributed by atoms with Crippen LogP contribution in [0.3, 0.4) is 0 Å². The van der Waals surface area contributed by atoms with Gasteiger partial charge in [-0.2, -0.15) is 0 Å². The van der Waals surface area contributed by atoms with E-state index in [1.165, 1.54) is 0 Å². The molecule has 16 heavy (non-hydrogen) atoms. The summed E-state index contributed by atoms with van der Waals surface area (Å²) >= 11 is 0. The Morgan fingerprint density at radius 1 is 1.31 bits per heavy atom. The summed E-state index contributed by atoms with van der Waals surface area (Å²) < 4.78 is 5.01. The molecule has 3 N–H and O–H groups in total. The van der Waals surface area contributed by atoms with Crippen molar-refractivity contribution in [1.82, 2.24) is 0 Å². The van der Waals surface area contributed by atoms with Crippen LogP contribution in [0.25, 0.3) is 0 Å². The maximum Gasteiger partial charge on any atom is 0.411 e. The second-order valence-electron chi connectivity index (χ2n) is 4.11. The number of nitrogens with one attached hydrogen (secondary N) is 1. The Morgan fingerprint density at radius 3 is 2.25 bits per heavy atom. The molecule has 0 radical (unpaired) electrons. The fourth-order valence-corrected chi connectivity index (χ4v) is 1.54. The van der Waals surface area contributed by atoms with Gasteiger partial charge in [-0.25, -0.2) is 4.79 Å². The van der Waals surface area contributed by atoms with E-state index in [0.717, 1.165) is 16.8 Å². The van der Waals surface area contributed by atoms with Crippen molar-refractivity contribution in [2.45, 2.75) is 33.8 Å². The molecule has 0 saturated heterocycles. The Hall–Kier alpha value is -1.71.